The number of para-hydroxylation sites is 1. The molecule has 1 aromatic rings. The average molecular weight is 301 g/mol. The van der Waals surface area contributed by atoms with Gasteiger partial charge >= 0.3 is 0 Å². The molecule has 1 aliphatic heterocycles. The molecule has 112 valence electrons. The Kier molecular flexibility index (Phi) is 6.78. The van der Waals surface area contributed by atoms with Crippen LogP contribution in [-0.2, 0) is 9.53 Å². The fraction of sp³-hybridized carbons (Fsp3) is 0.500. The molecule has 5 nitrogen and oxygen atoms in total. The first kappa shape index (κ1) is 16.8. The largest absolute Gasteiger partial charge is 0.493 e. The van der Waals surface area contributed by atoms with Gasteiger partial charge < -0.3 is 20.5 Å². The Balaban J connectivity index is 0.00000200. The van der Waals surface area contributed by atoms with Crippen LogP contribution in [0.5, 0.6) is 5.75 Å². The molecule has 2 unspecified atom stereocenters. The van der Waals surface area contributed by atoms with Gasteiger partial charge in [-0.15, -0.1) is 12.4 Å². The highest BCUT2D eigenvalue weighted by Crippen LogP contribution is 2.32. The minimum atomic E-state index is -0.611. The monoisotopic (exact) mass is 300 g/mol. The highest BCUT2D eigenvalue weighted by molar-refractivity contribution is 5.85. The van der Waals surface area contributed by atoms with Gasteiger partial charge in [-0.25, -0.2) is 0 Å². The third kappa shape index (κ3) is 4.10. The summed E-state index contributed by atoms with van der Waals surface area (Å²) in [5.74, 6) is 1.02. The van der Waals surface area contributed by atoms with Crippen molar-refractivity contribution in [3.05, 3.63) is 29.8 Å². The van der Waals surface area contributed by atoms with Gasteiger partial charge in [-0.05, 0) is 18.1 Å². The number of carbonyl (C=O) groups excluding carboxylic acids is 1. The van der Waals surface area contributed by atoms with Crippen LogP contribution in [0.15, 0.2) is 24.3 Å². The van der Waals surface area contributed by atoms with E-state index >= 15 is 0 Å². The SMILES string of the molecule is COCC(N)C(=O)NCC1CCOc2ccccc21.Cl. The van der Waals surface area contributed by atoms with Crippen LogP contribution < -0.4 is 15.8 Å². The van der Waals surface area contributed by atoms with Gasteiger partial charge in [-0.3, -0.25) is 4.79 Å². The molecule has 0 fully saturated rings. The van der Waals surface area contributed by atoms with E-state index in [2.05, 4.69) is 5.32 Å². The summed E-state index contributed by atoms with van der Waals surface area (Å²) in [6.45, 7) is 1.49. The fourth-order valence-corrected chi connectivity index (χ4v) is 2.24. The summed E-state index contributed by atoms with van der Waals surface area (Å²) in [6, 6.07) is 7.33. The first-order chi connectivity index (χ1) is 9.22. The number of rotatable bonds is 5. The van der Waals surface area contributed by atoms with Crippen molar-refractivity contribution in [2.24, 2.45) is 5.73 Å². The maximum absolute atomic E-state index is 11.7. The Hall–Kier alpha value is -1.30. The van der Waals surface area contributed by atoms with Crippen LogP contribution in [0.4, 0.5) is 0 Å². The van der Waals surface area contributed by atoms with E-state index in [4.69, 9.17) is 15.2 Å². The van der Waals surface area contributed by atoms with Gasteiger partial charge in [0.1, 0.15) is 11.8 Å². The van der Waals surface area contributed by atoms with Gasteiger partial charge in [0, 0.05) is 19.6 Å². The highest BCUT2D eigenvalue weighted by atomic mass is 35.5. The van der Waals surface area contributed by atoms with Gasteiger partial charge in [0.15, 0.2) is 0 Å². The minimum absolute atomic E-state index is 0. The molecule has 0 saturated heterocycles. The number of benzene rings is 1. The normalized spacial score (nSPS) is 18.2. The number of nitrogens with two attached hydrogens (primary N) is 1. The summed E-state index contributed by atoms with van der Waals surface area (Å²) in [5, 5.41) is 2.88. The maximum Gasteiger partial charge on any atom is 0.239 e. The Morgan fingerprint density at radius 1 is 1.55 bits per heavy atom. The van der Waals surface area contributed by atoms with Crippen LogP contribution in [-0.4, -0.2) is 38.8 Å². The van der Waals surface area contributed by atoms with E-state index in [1.54, 1.807) is 0 Å². The lowest BCUT2D eigenvalue weighted by atomic mass is 9.93. The van der Waals surface area contributed by atoms with Crippen LogP contribution >= 0.6 is 12.4 Å². The van der Waals surface area contributed by atoms with E-state index in [1.807, 2.05) is 24.3 Å². The van der Waals surface area contributed by atoms with Gasteiger partial charge in [0.2, 0.25) is 5.91 Å². The maximum atomic E-state index is 11.7. The second-order valence-corrected chi connectivity index (χ2v) is 4.68. The van der Waals surface area contributed by atoms with Crippen molar-refractivity contribution < 1.29 is 14.3 Å². The van der Waals surface area contributed by atoms with Crippen molar-refractivity contribution in [1.82, 2.24) is 5.32 Å². The van der Waals surface area contributed by atoms with Crippen molar-refractivity contribution in [2.45, 2.75) is 18.4 Å². The lowest BCUT2D eigenvalue weighted by molar-refractivity contribution is -0.123. The number of carbonyl (C=O) groups is 1. The molecule has 2 rings (SSSR count). The summed E-state index contributed by atoms with van der Waals surface area (Å²) >= 11 is 0. The Labute approximate surface area is 125 Å². The van der Waals surface area contributed by atoms with Crippen LogP contribution in [0, 0.1) is 0 Å². The predicted octanol–water partition coefficient (Wildman–Crippen LogP) is 1.06. The van der Waals surface area contributed by atoms with E-state index in [-0.39, 0.29) is 30.8 Å². The number of hydrogen-bond donors (Lipinski definition) is 2. The number of amides is 1. The lowest BCUT2D eigenvalue weighted by Gasteiger charge is -2.26. The van der Waals surface area contributed by atoms with Gasteiger partial charge in [-0.1, -0.05) is 18.2 Å². The molecule has 3 N–H and O–H groups in total. The minimum Gasteiger partial charge on any atom is -0.493 e. The van der Waals surface area contributed by atoms with Crippen molar-refractivity contribution >= 4 is 18.3 Å². The van der Waals surface area contributed by atoms with E-state index in [0.29, 0.717) is 13.2 Å². The first-order valence-electron chi connectivity index (χ1n) is 6.46. The van der Waals surface area contributed by atoms with E-state index in [1.165, 1.54) is 7.11 Å². The number of methoxy groups -OCH3 is 1. The van der Waals surface area contributed by atoms with Crippen LogP contribution in [0.3, 0.4) is 0 Å². The van der Waals surface area contributed by atoms with Gasteiger partial charge in [0.05, 0.1) is 13.2 Å². The Morgan fingerprint density at radius 2 is 2.30 bits per heavy atom. The zero-order valence-electron chi connectivity index (χ0n) is 11.5. The van der Waals surface area contributed by atoms with Crippen molar-refractivity contribution in [1.29, 1.82) is 0 Å². The van der Waals surface area contributed by atoms with Crippen LogP contribution in [0.1, 0.15) is 17.9 Å². The third-order valence-corrected chi connectivity index (χ3v) is 3.29. The molecule has 1 amide bonds. The number of fused-ring (bicyclic) bond motifs is 1. The highest BCUT2D eigenvalue weighted by Gasteiger charge is 2.22. The summed E-state index contributed by atoms with van der Waals surface area (Å²) in [4.78, 5) is 11.7. The number of hydrogen-bond acceptors (Lipinski definition) is 4. The third-order valence-electron chi connectivity index (χ3n) is 3.29. The van der Waals surface area contributed by atoms with E-state index in [0.717, 1.165) is 17.7 Å². The van der Waals surface area contributed by atoms with Crippen LogP contribution in [0.25, 0.3) is 0 Å². The average Bonchev–Trinajstić information content (AvgIpc) is 2.45. The zero-order chi connectivity index (χ0) is 13.7. The summed E-state index contributed by atoms with van der Waals surface area (Å²) in [6.07, 6.45) is 0.900. The quantitative estimate of drug-likeness (QED) is 0.853. The van der Waals surface area contributed by atoms with Crippen LogP contribution in [0.2, 0.25) is 0 Å². The molecular formula is C14H21ClN2O3. The van der Waals surface area contributed by atoms with Gasteiger partial charge in [0.25, 0.3) is 0 Å². The Morgan fingerprint density at radius 3 is 3.05 bits per heavy atom. The zero-order valence-corrected chi connectivity index (χ0v) is 12.3. The lowest BCUT2D eigenvalue weighted by Crippen LogP contribution is -2.45. The number of halogens is 1. The van der Waals surface area contributed by atoms with Gasteiger partial charge in [-0.2, -0.15) is 0 Å². The molecule has 0 aliphatic carbocycles. The number of ether oxygens (including phenoxy) is 2. The molecule has 6 heteroatoms. The smallest absolute Gasteiger partial charge is 0.239 e. The summed E-state index contributed by atoms with van der Waals surface area (Å²) in [7, 11) is 1.53. The van der Waals surface area contributed by atoms with E-state index in [9.17, 15) is 4.79 Å². The molecule has 20 heavy (non-hydrogen) atoms. The molecular weight excluding hydrogens is 280 g/mol. The molecule has 0 bridgehead atoms. The molecule has 1 aliphatic rings. The number of nitrogens with one attached hydrogen (secondary N) is 1. The Bertz CT molecular complexity index is 442. The second-order valence-electron chi connectivity index (χ2n) is 4.68. The van der Waals surface area contributed by atoms with Crippen molar-refractivity contribution in [2.75, 3.05) is 26.9 Å². The van der Waals surface area contributed by atoms with Crippen molar-refractivity contribution in [3.8, 4) is 5.75 Å². The molecule has 0 saturated carbocycles. The van der Waals surface area contributed by atoms with E-state index < -0.39 is 6.04 Å². The first-order valence-corrected chi connectivity index (χ1v) is 6.46. The summed E-state index contributed by atoms with van der Waals surface area (Å²) in [5.41, 5.74) is 6.82. The molecule has 0 spiro atoms. The standard InChI is InChI=1S/C14H20N2O3.ClH/c1-18-9-12(15)14(17)16-8-10-6-7-19-13-5-3-2-4-11(10)13;/h2-5,10,12H,6-9,15H2,1H3,(H,16,17);1H. The summed E-state index contributed by atoms with van der Waals surface area (Å²) < 4.78 is 10.5. The topological polar surface area (TPSA) is 73.6 Å². The molecule has 0 aromatic heterocycles. The van der Waals surface area contributed by atoms with Crippen molar-refractivity contribution in [3.63, 3.8) is 0 Å². The molecule has 1 heterocycles. The molecule has 2 atom stereocenters. The fourth-order valence-electron chi connectivity index (χ4n) is 2.24. The predicted molar refractivity (Wildman–Crippen MR) is 79.4 cm³/mol. The molecule has 0 radical (unpaired) electrons. The second kappa shape index (κ2) is 8.09. The molecule has 1 aromatic carbocycles.